The summed E-state index contributed by atoms with van der Waals surface area (Å²) in [5.74, 6) is 1.91. The van der Waals surface area contributed by atoms with Crippen LogP contribution in [0.2, 0.25) is 0 Å². The third kappa shape index (κ3) is 3.84. The van der Waals surface area contributed by atoms with Crippen molar-refractivity contribution in [2.45, 2.75) is 32.7 Å². The first-order valence-electron chi connectivity index (χ1n) is 8.44. The van der Waals surface area contributed by atoms with Gasteiger partial charge in [0.25, 0.3) is 0 Å². The second-order valence-corrected chi connectivity index (χ2v) is 6.17. The van der Waals surface area contributed by atoms with Crippen LogP contribution in [0.3, 0.4) is 0 Å². The van der Waals surface area contributed by atoms with E-state index >= 15 is 0 Å². The highest BCUT2D eigenvalue weighted by Crippen LogP contribution is 2.17. The fraction of sp³-hybridized carbons (Fsp3) is 0.800. The number of nitrogen functional groups attached to an aromatic ring is 1. The molecule has 1 aromatic heterocycles. The number of hydrogen-bond donors (Lipinski definition) is 1. The molecule has 0 amide bonds. The summed E-state index contributed by atoms with van der Waals surface area (Å²) in [5, 5.41) is 0. The summed E-state index contributed by atoms with van der Waals surface area (Å²) >= 11 is 0. The maximum Gasteiger partial charge on any atom is 0.230 e. The summed E-state index contributed by atoms with van der Waals surface area (Å²) in [5.41, 5.74) is 5.90. The molecule has 2 fully saturated rings. The van der Waals surface area contributed by atoms with Gasteiger partial charge in [-0.05, 0) is 25.8 Å². The summed E-state index contributed by atoms with van der Waals surface area (Å²) in [6.45, 7) is 10.5. The number of nitrogens with zero attached hydrogens (tertiary/aromatic N) is 6. The molecule has 2 saturated heterocycles. The lowest BCUT2D eigenvalue weighted by Crippen LogP contribution is -2.45. The van der Waals surface area contributed by atoms with Crippen molar-refractivity contribution in [2.75, 3.05) is 56.4 Å². The van der Waals surface area contributed by atoms with Gasteiger partial charge in [0, 0.05) is 39.3 Å². The van der Waals surface area contributed by atoms with Crippen LogP contribution in [0.5, 0.6) is 0 Å². The zero-order valence-electron chi connectivity index (χ0n) is 13.5. The Morgan fingerprint density at radius 2 is 1.55 bits per heavy atom. The number of rotatable bonds is 4. The highest BCUT2D eigenvalue weighted by molar-refractivity contribution is 5.35. The Balaban J connectivity index is 1.64. The van der Waals surface area contributed by atoms with E-state index in [-0.39, 0.29) is 0 Å². The molecule has 2 aliphatic heterocycles. The Morgan fingerprint density at radius 1 is 0.864 bits per heavy atom. The zero-order valence-corrected chi connectivity index (χ0v) is 13.5. The molecular weight excluding hydrogens is 278 g/mol. The summed E-state index contributed by atoms with van der Waals surface area (Å²) in [4.78, 5) is 20.4. The molecule has 1 aromatic rings. The van der Waals surface area contributed by atoms with Crippen molar-refractivity contribution in [3.05, 3.63) is 5.82 Å². The van der Waals surface area contributed by atoms with Gasteiger partial charge in [0.05, 0.1) is 6.54 Å². The van der Waals surface area contributed by atoms with E-state index in [9.17, 15) is 0 Å². The van der Waals surface area contributed by atoms with Crippen LogP contribution in [0.1, 0.15) is 32.0 Å². The van der Waals surface area contributed by atoms with Gasteiger partial charge in [0.1, 0.15) is 5.82 Å². The van der Waals surface area contributed by atoms with Crippen LogP contribution in [0, 0.1) is 0 Å². The molecule has 0 saturated carbocycles. The molecule has 7 heteroatoms. The van der Waals surface area contributed by atoms with Crippen LogP contribution < -0.4 is 10.6 Å². The second kappa shape index (κ2) is 7.19. The zero-order chi connectivity index (χ0) is 15.4. The predicted octanol–water partition coefficient (Wildman–Crippen LogP) is 0.582. The fourth-order valence-corrected chi connectivity index (χ4v) is 3.19. The first kappa shape index (κ1) is 15.4. The number of nitrogens with two attached hydrogens (primary N) is 1. The second-order valence-electron chi connectivity index (χ2n) is 6.17. The molecule has 0 aromatic carbocycles. The monoisotopic (exact) mass is 305 g/mol. The highest BCUT2D eigenvalue weighted by atomic mass is 15.3. The van der Waals surface area contributed by atoms with E-state index in [0.29, 0.717) is 5.95 Å². The predicted molar refractivity (Wildman–Crippen MR) is 87.7 cm³/mol. The molecule has 2 N–H and O–H groups in total. The van der Waals surface area contributed by atoms with Gasteiger partial charge in [-0.1, -0.05) is 6.92 Å². The Labute approximate surface area is 132 Å². The van der Waals surface area contributed by atoms with E-state index in [1.165, 1.54) is 19.3 Å². The van der Waals surface area contributed by atoms with E-state index in [0.717, 1.165) is 64.1 Å². The minimum atomic E-state index is 0.345. The maximum atomic E-state index is 5.90. The first-order chi connectivity index (χ1) is 10.7. The van der Waals surface area contributed by atoms with E-state index in [1.54, 1.807) is 0 Å². The fourth-order valence-electron chi connectivity index (χ4n) is 3.19. The number of likely N-dealkylation sites (N-methyl/N-ethyl adjacent to an activating group) is 1. The van der Waals surface area contributed by atoms with Crippen molar-refractivity contribution in [2.24, 2.45) is 0 Å². The van der Waals surface area contributed by atoms with Gasteiger partial charge in [0.15, 0.2) is 0 Å². The average molecular weight is 305 g/mol. The van der Waals surface area contributed by atoms with E-state index in [4.69, 9.17) is 5.73 Å². The Kier molecular flexibility index (Phi) is 5.04. The molecule has 0 aliphatic carbocycles. The van der Waals surface area contributed by atoms with Gasteiger partial charge in [-0.3, -0.25) is 4.90 Å². The lowest BCUT2D eigenvalue weighted by molar-refractivity contribution is 0.129. The standard InChI is InChI=1S/C15H27N7/c1-2-20-8-10-21(11-9-20)12-13-17-14(16)19-15(18-13)22-6-4-3-5-7-22/h2-12H2,1H3,(H2,16,17,18,19). The van der Waals surface area contributed by atoms with Gasteiger partial charge < -0.3 is 15.5 Å². The molecule has 3 heterocycles. The van der Waals surface area contributed by atoms with Crippen molar-refractivity contribution in [3.8, 4) is 0 Å². The highest BCUT2D eigenvalue weighted by Gasteiger charge is 2.19. The van der Waals surface area contributed by atoms with Crippen LogP contribution in [0.15, 0.2) is 0 Å². The van der Waals surface area contributed by atoms with Crippen LogP contribution in [0.25, 0.3) is 0 Å². The number of hydrogen-bond acceptors (Lipinski definition) is 7. The molecule has 0 bridgehead atoms. The molecule has 0 unspecified atom stereocenters. The molecular formula is C15H27N7. The maximum absolute atomic E-state index is 5.90. The lowest BCUT2D eigenvalue weighted by atomic mass is 10.1. The number of aromatic nitrogens is 3. The molecule has 122 valence electrons. The number of piperidine rings is 1. The van der Waals surface area contributed by atoms with Gasteiger partial charge in [0.2, 0.25) is 11.9 Å². The van der Waals surface area contributed by atoms with Gasteiger partial charge in [-0.25, -0.2) is 0 Å². The molecule has 2 aliphatic rings. The summed E-state index contributed by atoms with van der Waals surface area (Å²) in [6.07, 6.45) is 3.71. The summed E-state index contributed by atoms with van der Waals surface area (Å²) in [6, 6.07) is 0. The van der Waals surface area contributed by atoms with Gasteiger partial charge in [-0.2, -0.15) is 15.0 Å². The largest absolute Gasteiger partial charge is 0.368 e. The summed E-state index contributed by atoms with van der Waals surface area (Å²) in [7, 11) is 0. The van der Waals surface area contributed by atoms with E-state index in [2.05, 4.69) is 36.6 Å². The van der Waals surface area contributed by atoms with Crippen molar-refractivity contribution in [1.82, 2.24) is 24.8 Å². The van der Waals surface area contributed by atoms with E-state index < -0.39 is 0 Å². The van der Waals surface area contributed by atoms with Crippen LogP contribution in [0.4, 0.5) is 11.9 Å². The van der Waals surface area contributed by atoms with E-state index in [1.807, 2.05) is 0 Å². The smallest absolute Gasteiger partial charge is 0.230 e. The SMILES string of the molecule is CCN1CCN(Cc2nc(N)nc(N3CCCCC3)n2)CC1. The first-order valence-corrected chi connectivity index (χ1v) is 8.44. The molecule has 3 rings (SSSR count). The third-order valence-corrected chi connectivity index (χ3v) is 4.60. The Bertz CT molecular complexity index is 479. The number of piperazine rings is 1. The minimum absolute atomic E-state index is 0.345. The third-order valence-electron chi connectivity index (χ3n) is 4.60. The average Bonchev–Trinajstić information content (AvgIpc) is 2.56. The molecule has 7 nitrogen and oxygen atoms in total. The normalized spacial score (nSPS) is 21.2. The quantitative estimate of drug-likeness (QED) is 0.872. The summed E-state index contributed by atoms with van der Waals surface area (Å²) < 4.78 is 0. The molecule has 0 radical (unpaired) electrons. The molecule has 22 heavy (non-hydrogen) atoms. The van der Waals surface area contributed by atoms with Crippen molar-refractivity contribution in [3.63, 3.8) is 0 Å². The van der Waals surface area contributed by atoms with Crippen LogP contribution in [-0.4, -0.2) is 70.6 Å². The lowest BCUT2D eigenvalue weighted by Gasteiger charge is -2.33. The van der Waals surface area contributed by atoms with Gasteiger partial charge in [-0.15, -0.1) is 0 Å². The molecule has 0 atom stereocenters. The minimum Gasteiger partial charge on any atom is -0.368 e. The van der Waals surface area contributed by atoms with Gasteiger partial charge >= 0.3 is 0 Å². The van der Waals surface area contributed by atoms with Crippen molar-refractivity contribution < 1.29 is 0 Å². The topological polar surface area (TPSA) is 74.4 Å². The van der Waals surface area contributed by atoms with Crippen molar-refractivity contribution >= 4 is 11.9 Å². The van der Waals surface area contributed by atoms with Crippen LogP contribution in [-0.2, 0) is 6.54 Å². The van der Waals surface area contributed by atoms with Crippen molar-refractivity contribution in [1.29, 1.82) is 0 Å². The van der Waals surface area contributed by atoms with Crippen LogP contribution >= 0.6 is 0 Å². The number of anilines is 2. The Morgan fingerprint density at radius 3 is 2.23 bits per heavy atom. The Hall–Kier alpha value is -1.47. The molecule has 0 spiro atoms.